The first-order valence-electron chi connectivity index (χ1n) is 13.0. The summed E-state index contributed by atoms with van der Waals surface area (Å²) in [7, 11) is -2.06. The quantitative estimate of drug-likeness (QED) is 0.238. The zero-order valence-corrected chi connectivity index (χ0v) is 23.8. The summed E-state index contributed by atoms with van der Waals surface area (Å²) in [5, 5.41) is 6.11. The summed E-state index contributed by atoms with van der Waals surface area (Å²) in [6.45, 7) is 2.22. The number of halogens is 3. The Morgan fingerprint density at radius 2 is 1.63 bits per heavy atom. The molecule has 41 heavy (non-hydrogen) atoms. The van der Waals surface area contributed by atoms with Crippen LogP contribution in [0.4, 0.5) is 31.9 Å². The van der Waals surface area contributed by atoms with Gasteiger partial charge in [0.25, 0.3) is 0 Å². The highest BCUT2D eigenvalue weighted by atomic mass is 35.5. The van der Waals surface area contributed by atoms with Gasteiger partial charge in [-0.15, -0.1) is 0 Å². The molecule has 12 heteroatoms. The Morgan fingerprint density at radius 1 is 0.951 bits per heavy atom. The topological polar surface area (TPSA) is 90.5 Å². The molecule has 1 aromatic heterocycles. The highest BCUT2D eigenvalue weighted by Crippen LogP contribution is 2.26. The van der Waals surface area contributed by atoms with Crippen molar-refractivity contribution in [3.63, 3.8) is 0 Å². The first-order valence-corrected chi connectivity index (χ1v) is 14.9. The number of anilines is 4. The molecule has 3 aromatic carbocycles. The maximum atomic E-state index is 13.4. The van der Waals surface area contributed by atoms with E-state index in [0.29, 0.717) is 42.5 Å². The molecule has 0 atom stereocenters. The minimum absolute atomic E-state index is 0.00425. The van der Waals surface area contributed by atoms with Gasteiger partial charge in [0.15, 0.2) is 0 Å². The second kappa shape index (κ2) is 12.5. The summed E-state index contributed by atoms with van der Waals surface area (Å²) in [4.78, 5) is 11.1. The maximum Gasteiger partial charge on any atom is 0.243 e. The van der Waals surface area contributed by atoms with Gasteiger partial charge in [0.1, 0.15) is 17.5 Å². The number of nitrogens with zero attached hydrogens (tertiary/aromatic N) is 4. The lowest BCUT2D eigenvalue weighted by Crippen LogP contribution is -2.45. The van der Waals surface area contributed by atoms with Crippen LogP contribution in [0, 0.1) is 11.6 Å². The average Bonchev–Trinajstić information content (AvgIpc) is 2.97. The largest absolute Gasteiger partial charge is 0.340 e. The van der Waals surface area contributed by atoms with E-state index in [2.05, 4.69) is 25.5 Å². The Hall–Kier alpha value is -3.64. The summed E-state index contributed by atoms with van der Waals surface area (Å²) in [5.74, 6) is -0.00610. The first-order chi connectivity index (χ1) is 19.7. The van der Waals surface area contributed by atoms with Crippen molar-refractivity contribution in [2.75, 3.05) is 30.8 Å². The molecule has 0 bridgehead atoms. The summed E-state index contributed by atoms with van der Waals surface area (Å²) < 4.78 is 54.8. The molecule has 2 heterocycles. The van der Waals surface area contributed by atoms with E-state index in [0.717, 1.165) is 18.7 Å². The van der Waals surface area contributed by atoms with Gasteiger partial charge in [0.2, 0.25) is 16.0 Å². The van der Waals surface area contributed by atoms with Crippen LogP contribution < -0.4 is 10.6 Å². The van der Waals surface area contributed by atoms with E-state index in [9.17, 15) is 17.2 Å². The molecule has 1 saturated heterocycles. The highest BCUT2D eigenvalue weighted by Gasteiger charge is 2.31. The van der Waals surface area contributed by atoms with Crippen molar-refractivity contribution in [3.05, 3.63) is 101 Å². The van der Waals surface area contributed by atoms with Crippen LogP contribution >= 0.6 is 11.6 Å². The molecule has 0 radical (unpaired) electrons. The summed E-state index contributed by atoms with van der Waals surface area (Å²) in [5.41, 5.74) is 2.21. The monoisotopic (exact) mass is 598 g/mol. The minimum atomic E-state index is -3.69. The highest BCUT2D eigenvalue weighted by molar-refractivity contribution is 7.89. The molecule has 0 unspecified atom stereocenters. The predicted octanol–water partition coefficient (Wildman–Crippen LogP) is 6.18. The lowest BCUT2D eigenvalue weighted by molar-refractivity contribution is 0.164. The van der Waals surface area contributed by atoms with Crippen molar-refractivity contribution < 1.29 is 17.2 Å². The van der Waals surface area contributed by atoms with E-state index < -0.39 is 15.8 Å². The molecule has 0 aliphatic carbocycles. The zero-order chi connectivity index (χ0) is 29.0. The fourth-order valence-corrected chi connectivity index (χ4v) is 6.30. The van der Waals surface area contributed by atoms with E-state index in [1.807, 2.05) is 0 Å². The van der Waals surface area contributed by atoms with Crippen LogP contribution in [0.3, 0.4) is 0 Å². The number of aromatic nitrogens is 2. The minimum Gasteiger partial charge on any atom is -0.340 e. The molecule has 214 valence electrons. The van der Waals surface area contributed by atoms with Gasteiger partial charge in [-0.3, -0.25) is 4.90 Å². The number of likely N-dealkylation sites (tertiary alicyclic amines) is 1. The van der Waals surface area contributed by atoms with E-state index in [1.165, 1.54) is 28.6 Å². The van der Waals surface area contributed by atoms with Crippen LogP contribution in [0.1, 0.15) is 18.4 Å². The Balaban J connectivity index is 1.18. The van der Waals surface area contributed by atoms with Crippen molar-refractivity contribution in [3.8, 4) is 0 Å². The summed E-state index contributed by atoms with van der Waals surface area (Å²) in [6, 6.07) is 18.7. The molecule has 2 N–H and O–H groups in total. The van der Waals surface area contributed by atoms with Crippen LogP contribution in [0.2, 0.25) is 5.02 Å². The second-order valence-corrected chi connectivity index (χ2v) is 12.2. The third-order valence-electron chi connectivity index (χ3n) is 7.03. The molecule has 8 nitrogen and oxygen atoms in total. The van der Waals surface area contributed by atoms with Crippen LogP contribution in [-0.4, -0.2) is 53.8 Å². The Bertz CT molecular complexity index is 1600. The van der Waals surface area contributed by atoms with Crippen molar-refractivity contribution in [1.29, 1.82) is 0 Å². The number of hydrogen-bond acceptors (Lipinski definition) is 7. The molecular formula is C29H29ClF2N6O2S. The lowest BCUT2D eigenvalue weighted by Gasteiger charge is -2.36. The van der Waals surface area contributed by atoms with Crippen molar-refractivity contribution >= 4 is 44.8 Å². The smallest absolute Gasteiger partial charge is 0.243 e. The van der Waals surface area contributed by atoms with Crippen LogP contribution in [-0.2, 0) is 16.6 Å². The molecular weight excluding hydrogens is 570 g/mol. The van der Waals surface area contributed by atoms with Gasteiger partial charge in [0.05, 0.1) is 9.92 Å². The van der Waals surface area contributed by atoms with E-state index in [4.69, 9.17) is 11.6 Å². The fraction of sp³-hybridized carbons (Fsp3) is 0.241. The van der Waals surface area contributed by atoms with Crippen molar-refractivity contribution in [1.82, 2.24) is 19.2 Å². The number of nitrogens with one attached hydrogen (secondary N) is 2. The fourth-order valence-electron chi connectivity index (χ4n) is 4.70. The number of rotatable bonds is 9. The second-order valence-electron chi connectivity index (χ2n) is 9.82. The molecule has 0 spiro atoms. The standard InChI is InChI=1S/C29H29ClF2N6O2S/c1-37(24-13-16-38(17-14-24)19-20-2-4-21(31)5-3-20)41(39,40)25-9-6-22(7-10-25)35-29-33-15-12-28(36-29)34-23-8-11-27(32)26(30)18-23/h2-12,15,18,24H,13-14,16-17,19H2,1H3,(H2,33,34,35,36). The third kappa shape index (κ3) is 7.17. The molecule has 5 rings (SSSR count). The average molecular weight is 599 g/mol. The van der Waals surface area contributed by atoms with Gasteiger partial charge in [0, 0.05) is 50.3 Å². The van der Waals surface area contributed by atoms with Crippen molar-refractivity contribution in [2.45, 2.75) is 30.3 Å². The lowest BCUT2D eigenvalue weighted by atomic mass is 10.0. The molecule has 1 fully saturated rings. The number of piperidine rings is 1. The van der Waals surface area contributed by atoms with Crippen LogP contribution in [0.5, 0.6) is 0 Å². The number of sulfonamides is 1. The predicted molar refractivity (Wildman–Crippen MR) is 156 cm³/mol. The molecule has 0 amide bonds. The Morgan fingerprint density at radius 3 is 2.32 bits per heavy atom. The normalized spacial score (nSPS) is 14.8. The van der Waals surface area contributed by atoms with Crippen molar-refractivity contribution in [2.24, 2.45) is 0 Å². The number of benzene rings is 3. The molecule has 1 aliphatic rings. The van der Waals surface area contributed by atoms with E-state index in [-0.39, 0.29) is 21.8 Å². The Kier molecular flexibility index (Phi) is 8.79. The van der Waals surface area contributed by atoms with Gasteiger partial charge in [-0.25, -0.2) is 22.2 Å². The van der Waals surface area contributed by atoms with E-state index >= 15 is 0 Å². The summed E-state index contributed by atoms with van der Waals surface area (Å²) in [6.07, 6.45) is 2.98. The first kappa shape index (κ1) is 28.9. The van der Waals surface area contributed by atoms with Gasteiger partial charge in [-0.1, -0.05) is 23.7 Å². The maximum absolute atomic E-state index is 13.4. The number of hydrogen-bond donors (Lipinski definition) is 2. The molecule has 1 aliphatic heterocycles. The SMILES string of the molecule is CN(C1CCN(Cc2ccc(F)cc2)CC1)S(=O)(=O)c1ccc(Nc2nccc(Nc3ccc(F)c(Cl)c3)n2)cc1. The Labute approximate surface area is 243 Å². The molecule has 4 aromatic rings. The van der Waals surface area contributed by atoms with Crippen LogP contribution in [0.15, 0.2) is 83.9 Å². The van der Waals surface area contributed by atoms with Gasteiger partial charge < -0.3 is 10.6 Å². The van der Waals surface area contributed by atoms with Gasteiger partial charge in [-0.05, 0) is 79.1 Å². The van der Waals surface area contributed by atoms with Gasteiger partial charge in [-0.2, -0.15) is 9.29 Å². The van der Waals surface area contributed by atoms with Gasteiger partial charge >= 0.3 is 0 Å². The molecule has 0 saturated carbocycles. The zero-order valence-electron chi connectivity index (χ0n) is 22.3. The summed E-state index contributed by atoms with van der Waals surface area (Å²) >= 11 is 5.85. The van der Waals surface area contributed by atoms with E-state index in [1.54, 1.807) is 61.8 Å². The third-order valence-corrected chi connectivity index (χ3v) is 9.24. The van der Waals surface area contributed by atoms with Crippen LogP contribution in [0.25, 0.3) is 0 Å².